The predicted octanol–water partition coefficient (Wildman–Crippen LogP) is 2.71. The number of benzene rings is 2. The molecule has 0 aromatic heterocycles. The highest BCUT2D eigenvalue weighted by Crippen LogP contribution is 2.26. The Morgan fingerprint density at radius 1 is 1.08 bits per heavy atom. The fourth-order valence-electron chi connectivity index (χ4n) is 3.31. The summed E-state index contributed by atoms with van der Waals surface area (Å²) in [6.45, 7) is 0.926. The maximum absolute atomic E-state index is 12.6. The number of amides is 3. The van der Waals surface area contributed by atoms with E-state index in [0.717, 1.165) is 12.8 Å². The molecule has 0 radical (unpaired) electrons. The fourth-order valence-corrected chi connectivity index (χ4v) is 3.31. The zero-order valence-corrected chi connectivity index (χ0v) is 14.1. The van der Waals surface area contributed by atoms with Crippen LogP contribution in [0.15, 0.2) is 48.5 Å². The number of rotatable bonds is 4. The standard InChI is InChI=1S/C20H18N2O4/c23-18(21-14-5-2-1-3-6-14)13-8-9-16-17(11-13)20(25)22(19(16)24)12-15-7-4-10-26-15/h1-3,5-6,8-9,11,15H,4,7,10,12H2,(H,21,23)/t15-/m1/s1. The summed E-state index contributed by atoms with van der Waals surface area (Å²) < 4.78 is 5.53. The van der Waals surface area contributed by atoms with E-state index in [1.807, 2.05) is 18.2 Å². The van der Waals surface area contributed by atoms with Crippen LogP contribution in [0, 0.1) is 0 Å². The number of nitrogens with zero attached hydrogens (tertiary/aromatic N) is 1. The Balaban J connectivity index is 1.54. The van der Waals surface area contributed by atoms with Gasteiger partial charge in [0, 0.05) is 17.9 Å². The molecule has 1 fully saturated rings. The molecular weight excluding hydrogens is 332 g/mol. The minimum atomic E-state index is -0.366. The lowest BCUT2D eigenvalue weighted by Gasteiger charge is -2.17. The average Bonchev–Trinajstić information content (AvgIpc) is 3.25. The van der Waals surface area contributed by atoms with Gasteiger partial charge in [-0.3, -0.25) is 19.3 Å². The maximum Gasteiger partial charge on any atom is 0.261 e. The number of carbonyl (C=O) groups excluding carboxylic acids is 3. The lowest BCUT2D eigenvalue weighted by Crippen LogP contribution is -2.36. The Morgan fingerprint density at radius 2 is 1.85 bits per heavy atom. The van der Waals surface area contributed by atoms with Crippen LogP contribution in [0.3, 0.4) is 0 Å². The largest absolute Gasteiger partial charge is 0.376 e. The zero-order chi connectivity index (χ0) is 18.1. The van der Waals surface area contributed by atoms with Gasteiger partial charge >= 0.3 is 0 Å². The van der Waals surface area contributed by atoms with E-state index in [1.54, 1.807) is 24.3 Å². The van der Waals surface area contributed by atoms with Crippen molar-refractivity contribution >= 4 is 23.4 Å². The summed E-state index contributed by atoms with van der Waals surface area (Å²) in [5.74, 6) is -1.01. The zero-order valence-electron chi connectivity index (χ0n) is 14.1. The van der Waals surface area contributed by atoms with Crippen LogP contribution in [0.4, 0.5) is 5.69 Å². The number of nitrogens with one attached hydrogen (secondary N) is 1. The van der Waals surface area contributed by atoms with E-state index in [1.165, 1.54) is 11.0 Å². The summed E-state index contributed by atoms with van der Waals surface area (Å²) in [7, 11) is 0. The molecule has 132 valence electrons. The molecule has 0 spiro atoms. The highest BCUT2D eigenvalue weighted by molar-refractivity contribution is 6.22. The molecule has 2 aliphatic heterocycles. The third kappa shape index (κ3) is 2.99. The summed E-state index contributed by atoms with van der Waals surface area (Å²) in [6, 6.07) is 13.7. The summed E-state index contributed by atoms with van der Waals surface area (Å²) in [5, 5.41) is 2.78. The molecule has 2 aromatic carbocycles. The molecule has 2 aliphatic rings. The quantitative estimate of drug-likeness (QED) is 0.860. The first-order valence-electron chi connectivity index (χ1n) is 8.62. The van der Waals surface area contributed by atoms with E-state index in [2.05, 4.69) is 5.32 Å². The second-order valence-electron chi connectivity index (χ2n) is 6.44. The van der Waals surface area contributed by atoms with Crippen LogP contribution in [-0.4, -0.2) is 41.9 Å². The van der Waals surface area contributed by atoms with E-state index in [-0.39, 0.29) is 35.9 Å². The first-order valence-corrected chi connectivity index (χ1v) is 8.62. The molecule has 26 heavy (non-hydrogen) atoms. The van der Waals surface area contributed by atoms with Crippen molar-refractivity contribution in [1.29, 1.82) is 0 Å². The Kier molecular flexibility index (Phi) is 4.26. The smallest absolute Gasteiger partial charge is 0.261 e. The van der Waals surface area contributed by atoms with Gasteiger partial charge in [0.1, 0.15) is 0 Å². The molecule has 6 nitrogen and oxygen atoms in total. The van der Waals surface area contributed by atoms with Crippen molar-refractivity contribution in [3.05, 3.63) is 65.2 Å². The lowest BCUT2D eigenvalue weighted by atomic mass is 10.1. The summed E-state index contributed by atoms with van der Waals surface area (Å²) in [6.07, 6.45) is 1.69. The van der Waals surface area contributed by atoms with E-state index in [0.29, 0.717) is 23.4 Å². The van der Waals surface area contributed by atoms with Crippen molar-refractivity contribution in [3.8, 4) is 0 Å². The van der Waals surface area contributed by atoms with Crippen LogP contribution >= 0.6 is 0 Å². The number of imide groups is 1. The molecule has 0 unspecified atom stereocenters. The average molecular weight is 350 g/mol. The highest BCUT2D eigenvalue weighted by atomic mass is 16.5. The van der Waals surface area contributed by atoms with E-state index in [9.17, 15) is 14.4 Å². The summed E-state index contributed by atoms with van der Waals surface area (Å²) >= 11 is 0. The van der Waals surface area contributed by atoms with Gasteiger partial charge in [-0.25, -0.2) is 0 Å². The van der Waals surface area contributed by atoms with Gasteiger partial charge in [-0.15, -0.1) is 0 Å². The summed E-state index contributed by atoms with van der Waals surface area (Å²) in [4.78, 5) is 38.8. The van der Waals surface area contributed by atoms with Crippen molar-refractivity contribution in [2.45, 2.75) is 18.9 Å². The molecule has 1 N–H and O–H groups in total. The molecule has 0 saturated carbocycles. The maximum atomic E-state index is 12.6. The topological polar surface area (TPSA) is 75.7 Å². The molecule has 4 rings (SSSR count). The van der Waals surface area contributed by atoms with Gasteiger partial charge in [-0.1, -0.05) is 18.2 Å². The van der Waals surface area contributed by atoms with E-state index >= 15 is 0 Å². The number of ether oxygens (including phenoxy) is 1. The monoisotopic (exact) mass is 350 g/mol. The van der Waals surface area contributed by atoms with Crippen molar-refractivity contribution in [2.75, 3.05) is 18.5 Å². The van der Waals surface area contributed by atoms with Crippen LogP contribution in [0.25, 0.3) is 0 Å². The fraction of sp³-hybridized carbons (Fsp3) is 0.250. The molecule has 6 heteroatoms. The van der Waals surface area contributed by atoms with Crippen LogP contribution in [0.5, 0.6) is 0 Å². The first kappa shape index (κ1) is 16.5. The molecular formula is C20H18N2O4. The highest BCUT2D eigenvalue weighted by Gasteiger charge is 2.37. The molecule has 2 heterocycles. The van der Waals surface area contributed by atoms with Crippen LogP contribution in [-0.2, 0) is 4.74 Å². The van der Waals surface area contributed by atoms with Gasteiger partial charge in [0.25, 0.3) is 17.7 Å². The van der Waals surface area contributed by atoms with Gasteiger partial charge in [0.15, 0.2) is 0 Å². The van der Waals surface area contributed by atoms with Gasteiger partial charge in [-0.2, -0.15) is 0 Å². The van der Waals surface area contributed by atoms with E-state index < -0.39 is 0 Å². The van der Waals surface area contributed by atoms with Gasteiger partial charge in [-0.05, 0) is 43.2 Å². The second-order valence-corrected chi connectivity index (χ2v) is 6.44. The Hall–Kier alpha value is -2.99. The van der Waals surface area contributed by atoms with Crippen molar-refractivity contribution in [3.63, 3.8) is 0 Å². The van der Waals surface area contributed by atoms with Gasteiger partial charge in [0.2, 0.25) is 0 Å². The Bertz CT molecular complexity index is 873. The SMILES string of the molecule is O=C(Nc1ccccc1)c1ccc2c(c1)C(=O)N(C[C@H]1CCCO1)C2=O. The lowest BCUT2D eigenvalue weighted by molar-refractivity contribution is 0.0475. The Labute approximate surface area is 150 Å². The van der Waals surface area contributed by atoms with Crippen LogP contribution in [0.1, 0.15) is 43.9 Å². The van der Waals surface area contributed by atoms with Gasteiger partial charge in [0.05, 0.1) is 23.8 Å². The third-order valence-corrected chi connectivity index (χ3v) is 4.67. The molecule has 0 aliphatic carbocycles. The molecule has 1 saturated heterocycles. The normalized spacial score (nSPS) is 18.9. The predicted molar refractivity (Wildman–Crippen MR) is 95.2 cm³/mol. The molecule has 0 bridgehead atoms. The van der Waals surface area contributed by atoms with Crippen molar-refractivity contribution in [2.24, 2.45) is 0 Å². The van der Waals surface area contributed by atoms with Crippen LogP contribution < -0.4 is 5.32 Å². The minimum absolute atomic E-state index is 0.0990. The number of fused-ring (bicyclic) bond motifs is 1. The number of anilines is 1. The number of hydrogen-bond donors (Lipinski definition) is 1. The van der Waals surface area contributed by atoms with Crippen molar-refractivity contribution < 1.29 is 19.1 Å². The second kappa shape index (κ2) is 6.72. The van der Waals surface area contributed by atoms with E-state index in [4.69, 9.17) is 4.74 Å². The molecule has 3 amide bonds. The third-order valence-electron chi connectivity index (χ3n) is 4.67. The first-order chi connectivity index (χ1) is 12.6. The molecule has 1 atom stereocenters. The molecule has 2 aromatic rings. The van der Waals surface area contributed by atoms with Crippen molar-refractivity contribution in [1.82, 2.24) is 4.90 Å². The minimum Gasteiger partial charge on any atom is -0.376 e. The number of para-hydroxylation sites is 1. The summed E-state index contributed by atoms with van der Waals surface area (Å²) in [5.41, 5.74) is 1.62. The number of carbonyl (C=O) groups is 3. The number of hydrogen-bond acceptors (Lipinski definition) is 4. The van der Waals surface area contributed by atoms with Crippen LogP contribution in [0.2, 0.25) is 0 Å². The Morgan fingerprint density at radius 3 is 2.58 bits per heavy atom. The van der Waals surface area contributed by atoms with Gasteiger partial charge < -0.3 is 10.1 Å².